The molecule has 0 amide bonds. The van der Waals surface area contributed by atoms with Crippen molar-refractivity contribution >= 4 is 11.9 Å². The number of hydrogen-bond acceptors (Lipinski definition) is 4. The minimum absolute atomic E-state index is 0.0765. The van der Waals surface area contributed by atoms with E-state index in [1.807, 2.05) is 28.2 Å². The summed E-state index contributed by atoms with van der Waals surface area (Å²) in [6, 6.07) is 1.00. The summed E-state index contributed by atoms with van der Waals surface area (Å²) in [6.45, 7) is 0. The van der Waals surface area contributed by atoms with Crippen molar-refractivity contribution in [2.24, 2.45) is 11.8 Å². The molecule has 0 spiro atoms. The summed E-state index contributed by atoms with van der Waals surface area (Å²) >= 11 is 0. The Morgan fingerprint density at radius 1 is 0.750 bits per heavy atom. The fourth-order valence-electron chi connectivity index (χ4n) is 2.42. The number of rotatable bonds is 4. The molecule has 0 aromatic carbocycles. The summed E-state index contributed by atoms with van der Waals surface area (Å²) in [4.78, 5) is 24.8. The van der Waals surface area contributed by atoms with Gasteiger partial charge in [-0.05, 0) is 53.9 Å². The molecule has 0 saturated heterocycles. The average Bonchev–Trinajstić information content (AvgIpc) is 2.09. The Balaban J connectivity index is 0.000000200. The van der Waals surface area contributed by atoms with Gasteiger partial charge in [-0.15, -0.1) is 0 Å². The standard InChI is InChI=1S/2C7H13NO2/c2*1-8(2)6-3-5(4-6)7(9)10/h2*5-6H,3-4H2,1-2H3,(H,9,10). The molecule has 2 fully saturated rings. The van der Waals surface area contributed by atoms with Crippen LogP contribution in [0.3, 0.4) is 0 Å². The number of aliphatic carboxylic acids is 2. The Bertz CT molecular complexity index is 311. The summed E-state index contributed by atoms with van der Waals surface area (Å²) in [5.74, 6) is -1.43. The number of hydrogen-bond donors (Lipinski definition) is 2. The molecule has 6 heteroatoms. The number of carboxylic acid groups (broad SMARTS) is 2. The zero-order valence-corrected chi connectivity index (χ0v) is 12.7. The van der Waals surface area contributed by atoms with Crippen LogP contribution in [0.5, 0.6) is 0 Å². The van der Waals surface area contributed by atoms with Gasteiger partial charge in [0.15, 0.2) is 0 Å². The third kappa shape index (κ3) is 4.45. The van der Waals surface area contributed by atoms with Gasteiger partial charge in [0.05, 0.1) is 11.8 Å². The summed E-state index contributed by atoms with van der Waals surface area (Å²) in [6.07, 6.45) is 3.29. The van der Waals surface area contributed by atoms with Crippen molar-refractivity contribution in [3.05, 3.63) is 0 Å². The lowest BCUT2D eigenvalue weighted by Gasteiger charge is -2.36. The topological polar surface area (TPSA) is 81.1 Å². The lowest BCUT2D eigenvalue weighted by atomic mass is 9.80. The second kappa shape index (κ2) is 7.04. The normalized spacial score (nSPS) is 31.9. The van der Waals surface area contributed by atoms with Crippen LogP contribution in [0.15, 0.2) is 0 Å². The summed E-state index contributed by atoms with van der Waals surface area (Å²) in [7, 11) is 7.96. The van der Waals surface area contributed by atoms with E-state index in [0.29, 0.717) is 12.1 Å². The van der Waals surface area contributed by atoms with Crippen LogP contribution in [0, 0.1) is 11.8 Å². The first kappa shape index (κ1) is 16.9. The molecule has 0 unspecified atom stereocenters. The van der Waals surface area contributed by atoms with Crippen LogP contribution in [0.4, 0.5) is 0 Å². The fourth-order valence-corrected chi connectivity index (χ4v) is 2.42. The third-order valence-corrected chi connectivity index (χ3v) is 4.39. The third-order valence-electron chi connectivity index (χ3n) is 4.39. The molecule has 0 aliphatic heterocycles. The van der Waals surface area contributed by atoms with E-state index in [2.05, 4.69) is 9.80 Å². The van der Waals surface area contributed by atoms with E-state index < -0.39 is 11.9 Å². The molecular formula is C14H26N2O4. The lowest BCUT2D eigenvalue weighted by Crippen LogP contribution is -2.43. The van der Waals surface area contributed by atoms with Crippen molar-refractivity contribution in [2.75, 3.05) is 28.2 Å². The van der Waals surface area contributed by atoms with Crippen LogP contribution in [0.1, 0.15) is 25.7 Å². The Morgan fingerprint density at radius 3 is 1.15 bits per heavy atom. The fraction of sp³-hybridized carbons (Fsp3) is 0.857. The Kier molecular flexibility index (Phi) is 5.95. The first-order valence-corrected chi connectivity index (χ1v) is 7.00. The largest absolute Gasteiger partial charge is 0.481 e. The molecule has 2 N–H and O–H groups in total. The molecule has 2 rings (SSSR count). The van der Waals surface area contributed by atoms with Gasteiger partial charge < -0.3 is 20.0 Å². The van der Waals surface area contributed by atoms with Crippen molar-refractivity contribution < 1.29 is 19.8 Å². The van der Waals surface area contributed by atoms with Gasteiger partial charge in [-0.25, -0.2) is 0 Å². The van der Waals surface area contributed by atoms with Crippen molar-refractivity contribution in [1.29, 1.82) is 0 Å². The van der Waals surface area contributed by atoms with Gasteiger partial charge in [-0.2, -0.15) is 0 Å². The van der Waals surface area contributed by atoms with Crippen LogP contribution in [-0.4, -0.2) is 72.2 Å². The minimum atomic E-state index is -0.641. The number of carbonyl (C=O) groups is 2. The molecule has 116 valence electrons. The van der Waals surface area contributed by atoms with Crippen molar-refractivity contribution in [2.45, 2.75) is 37.8 Å². The monoisotopic (exact) mass is 286 g/mol. The van der Waals surface area contributed by atoms with Crippen LogP contribution < -0.4 is 0 Å². The van der Waals surface area contributed by atoms with Crippen LogP contribution in [-0.2, 0) is 9.59 Å². The first-order valence-electron chi connectivity index (χ1n) is 7.00. The Hall–Kier alpha value is -1.14. The van der Waals surface area contributed by atoms with Crippen molar-refractivity contribution in [3.63, 3.8) is 0 Å². The zero-order valence-electron chi connectivity index (χ0n) is 12.7. The van der Waals surface area contributed by atoms with Gasteiger partial charge in [0, 0.05) is 12.1 Å². The maximum atomic E-state index is 10.3. The second-order valence-corrected chi connectivity index (χ2v) is 6.25. The predicted octanol–water partition coefficient (Wildman–Crippen LogP) is 0.822. The smallest absolute Gasteiger partial charge is 0.306 e. The van der Waals surface area contributed by atoms with E-state index in [9.17, 15) is 9.59 Å². The molecule has 0 radical (unpaired) electrons. The SMILES string of the molecule is CN(C)C1CC(C(=O)O)C1.CN(C)C1CC(C(=O)O)C1. The molecule has 6 nitrogen and oxygen atoms in total. The van der Waals surface area contributed by atoms with E-state index in [4.69, 9.17) is 10.2 Å². The van der Waals surface area contributed by atoms with Gasteiger partial charge in [0.25, 0.3) is 0 Å². The summed E-state index contributed by atoms with van der Waals surface area (Å²) in [5, 5.41) is 17.0. The van der Waals surface area contributed by atoms with E-state index in [0.717, 1.165) is 25.7 Å². The zero-order chi connectivity index (χ0) is 15.4. The van der Waals surface area contributed by atoms with Gasteiger partial charge in [0.2, 0.25) is 0 Å². The lowest BCUT2D eigenvalue weighted by molar-refractivity contribution is -0.147. The number of nitrogens with zero attached hydrogens (tertiary/aromatic N) is 2. The van der Waals surface area contributed by atoms with Crippen LogP contribution >= 0.6 is 0 Å². The van der Waals surface area contributed by atoms with Crippen molar-refractivity contribution in [3.8, 4) is 0 Å². The maximum Gasteiger partial charge on any atom is 0.306 e. The minimum Gasteiger partial charge on any atom is -0.481 e. The van der Waals surface area contributed by atoms with Gasteiger partial charge in [-0.1, -0.05) is 0 Å². The predicted molar refractivity (Wildman–Crippen MR) is 75.7 cm³/mol. The Morgan fingerprint density at radius 2 is 1.00 bits per heavy atom. The average molecular weight is 286 g/mol. The molecule has 0 aromatic rings. The Labute approximate surface area is 120 Å². The van der Waals surface area contributed by atoms with E-state index >= 15 is 0 Å². The highest BCUT2D eigenvalue weighted by Gasteiger charge is 2.35. The van der Waals surface area contributed by atoms with E-state index in [1.54, 1.807) is 0 Å². The molecule has 20 heavy (non-hydrogen) atoms. The molecule has 0 bridgehead atoms. The van der Waals surface area contributed by atoms with Crippen molar-refractivity contribution in [1.82, 2.24) is 9.80 Å². The van der Waals surface area contributed by atoms with Gasteiger partial charge in [0.1, 0.15) is 0 Å². The van der Waals surface area contributed by atoms with E-state index in [1.165, 1.54) is 0 Å². The van der Waals surface area contributed by atoms with Crippen LogP contribution in [0.2, 0.25) is 0 Å². The van der Waals surface area contributed by atoms with Gasteiger partial charge >= 0.3 is 11.9 Å². The molecule has 0 atom stereocenters. The highest BCUT2D eigenvalue weighted by molar-refractivity contribution is 5.71. The molecule has 0 heterocycles. The summed E-state index contributed by atoms with van der Waals surface area (Å²) < 4.78 is 0. The first-order chi connectivity index (χ1) is 9.22. The van der Waals surface area contributed by atoms with E-state index in [-0.39, 0.29) is 11.8 Å². The van der Waals surface area contributed by atoms with Gasteiger partial charge in [-0.3, -0.25) is 9.59 Å². The molecule has 2 saturated carbocycles. The number of carboxylic acids is 2. The highest BCUT2D eigenvalue weighted by Crippen LogP contribution is 2.30. The quantitative estimate of drug-likeness (QED) is 0.796. The highest BCUT2D eigenvalue weighted by atomic mass is 16.4. The molecular weight excluding hydrogens is 260 g/mol. The molecule has 0 aromatic heterocycles. The second-order valence-electron chi connectivity index (χ2n) is 6.25. The molecule has 2 aliphatic rings. The summed E-state index contributed by atoms with van der Waals surface area (Å²) in [5.41, 5.74) is 0. The maximum absolute atomic E-state index is 10.3. The van der Waals surface area contributed by atoms with Crippen LogP contribution in [0.25, 0.3) is 0 Å². The molecule has 2 aliphatic carbocycles.